The maximum absolute atomic E-state index is 13.7. The van der Waals surface area contributed by atoms with Crippen LogP contribution in [0.2, 0.25) is 0 Å². The molecule has 4 rings (SSSR count). The molecular formula is C26H26N2O6S. The van der Waals surface area contributed by atoms with Crippen molar-refractivity contribution in [3.8, 4) is 17.2 Å². The van der Waals surface area contributed by atoms with Gasteiger partial charge in [0.25, 0.3) is 5.56 Å². The van der Waals surface area contributed by atoms with E-state index in [0.717, 1.165) is 5.56 Å². The number of methoxy groups -OCH3 is 3. The van der Waals surface area contributed by atoms with Crippen molar-refractivity contribution in [2.75, 3.05) is 27.9 Å². The van der Waals surface area contributed by atoms with Crippen LogP contribution >= 0.6 is 11.3 Å². The van der Waals surface area contributed by atoms with E-state index in [1.807, 2.05) is 30.3 Å². The lowest BCUT2D eigenvalue weighted by molar-refractivity contribution is -0.139. The molecule has 0 fully saturated rings. The minimum absolute atomic E-state index is 0.203. The molecular weight excluding hydrogens is 468 g/mol. The number of carbonyl (C=O) groups excluding carboxylic acids is 1. The van der Waals surface area contributed by atoms with Crippen LogP contribution in [0.5, 0.6) is 17.2 Å². The summed E-state index contributed by atoms with van der Waals surface area (Å²) in [5, 5.41) is 0. The second-order valence-corrected chi connectivity index (χ2v) is 8.70. The van der Waals surface area contributed by atoms with Gasteiger partial charge in [0.15, 0.2) is 16.3 Å². The molecule has 182 valence electrons. The molecule has 0 saturated heterocycles. The van der Waals surface area contributed by atoms with Crippen LogP contribution in [0.1, 0.15) is 31.0 Å². The average Bonchev–Trinajstić information content (AvgIpc) is 3.17. The molecule has 2 aromatic carbocycles. The van der Waals surface area contributed by atoms with Gasteiger partial charge in [-0.2, -0.15) is 0 Å². The van der Waals surface area contributed by atoms with Crippen molar-refractivity contribution < 1.29 is 23.7 Å². The Bertz CT molecular complexity index is 1480. The van der Waals surface area contributed by atoms with Crippen LogP contribution in [0.25, 0.3) is 6.08 Å². The van der Waals surface area contributed by atoms with Crippen LogP contribution in [0.15, 0.2) is 63.5 Å². The molecule has 8 nitrogen and oxygen atoms in total. The van der Waals surface area contributed by atoms with Crippen molar-refractivity contribution in [1.82, 2.24) is 4.57 Å². The summed E-state index contributed by atoms with van der Waals surface area (Å²) in [6.45, 7) is 3.69. The van der Waals surface area contributed by atoms with E-state index in [9.17, 15) is 9.59 Å². The molecule has 1 aromatic heterocycles. The van der Waals surface area contributed by atoms with Gasteiger partial charge in [0.1, 0.15) is 5.75 Å². The predicted octanol–water partition coefficient (Wildman–Crippen LogP) is 2.82. The zero-order valence-corrected chi connectivity index (χ0v) is 21.0. The summed E-state index contributed by atoms with van der Waals surface area (Å²) in [4.78, 5) is 31.8. The Labute approximate surface area is 206 Å². The van der Waals surface area contributed by atoms with E-state index in [1.54, 1.807) is 46.3 Å². The Morgan fingerprint density at radius 1 is 1.09 bits per heavy atom. The number of esters is 1. The number of fused-ring (bicyclic) bond motifs is 1. The summed E-state index contributed by atoms with van der Waals surface area (Å²) in [6.07, 6.45) is 1.79. The third-order valence-corrected chi connectivity index (χ3v) is 6.61. The lowest BCUT2D eigenvalue weighted by Crippen LogP contribution is -2.39. The highest BCUT2D eigenvalue weighted by Crippen LogP contribution is 2.36. The number of carbonyl (C=O) groups is 1. The van der Waals surface area contributed by atoms with Crippen LogP contribution in [-0.4, -0.2) is 38.5 Å². The molecule has 0 saturated carbocycles. The number of aromatic nitrogens is 1. The first-order valence-corrected chi connectivity index (χ1v) is 11.8. The van der Waals surface area contributed by atoms with Gasteiger partial charge in [-0.25, -0.2) is 9.79 Å². The van der Waals surface area contributed by atoms with Gasteiger partial charge in [-0.3, -0.25) is 9.36 Å². The quantitative estimate of drug-likeness (QED) is 0.470. The highest BCUT2D eigenvalue weighted by atomic mass is 32.1. The smallest absolute Gasteiger partial charge is 0.338 e. The van der Waals surface area contributed by atoms with E-state index in [-0.39, 0.29) is 12.2 Å². The zero-order chi connectivity index (χ0) is 25.1. The van der Waals surface area contributed by atoms with Crippen LogP contribution in [0.3, 0.4) is 0 Å². The number of ether oxygens (including phenoxy) is 4. The van der Waals surface area contributed by atoms with Crippen LogP contribution in [0, 0.1) is 0 Å². The van der Waals surface area contributed by atoms with Crippen LogP contribution in [0.4, 0.5) is 0 Å². The number of allylic oxidation sites excluding steroid dienone is 1. The Kier molecular flexibility index (Phi) is 7.07. The molecule has 0 aliphatic carbocycles. The molecule has 1 atom stereocenters. The van der Waals surface area contributed by atoms with Crippen molar-refractivity contribution in [2.24, 2.45) is 4.99 Å². The monoisotopic (exact) mass is 494 g/mol. The van der Waals surface area contributed by atoms with E-state index in [4.69, 9.17) is 18.9 Å². The van der Waals surface area contributed by atoms with E-state index >= 15 is 0 Å². The molecule has 3 aromatic rings. The Hall–Kier alpha value is -3.85. The lowest BCUT2D eigenvalue weighted by atomic mass is 9.95. The van der Waals surface area contributed by atoms with E-state index in [1.165, 1.54) is 23.0 Å². The number of nitrogens with zero attached hydrogens (tertiary/aromatic N) is 2. The first-order valence-electron chi connectivity index (χ1n) is 11.0. The highest BCUT2D eigenvalue weighted by molar-refractivity contribution is 7.07. The molecule has 1 aliphatic heterocycles. The third kappa shape index (κ3) is 4.59. The Morgan fingerprint density at radius 3 is 2.54 bits per heavy atom. The van der Waals surface area contributed by atoms with Crippen molar-refractivity contribution in [3.63, 3.8) is 0 Å². The summed E-state index contributed by atoms with van der Waals surface area (Å²) in [7, 11) is 4.68. The molecule has 35 heavy (non-hydrogen) atoms. The zero-order valence-electron chi connectivity index (χ0n) is 20.2. The van der Waals surface area contributed by atoms with Gasteiger partial charge in [0.05, 0.1) is 49.8 Å². The number of thiazole rings is 1. The van der Waals surface area contributed by atoms with Crippen molar-refractivity contribution in [2.45, 2.75) is 19.9 Å². The van der Waals surface area contributed by atoms with Crippen LogP contribution in [-0.2, 0) is 9.53 Å². The fourth-order valence-electron chi connectivity index (χ4n) is 4.01. The fraction of sp³-hybridized carbons (Fsp3) is 0.269. The first-order chi connectivity index (χ1) is 16.9. The van der Waals surface area contributed by atoms with Crippen molar-refractivity contribution in [3.05, 3.63) is 84.5 Å². The maximum Gasteiger partial charge on any atom is 0.338 e. The van der Waals surface area contributed by atoms with Crippen molar-refractivity contribution >= 4 is 23.4 Å². The molecule has 1 aliphatic rings. The molecule has 2 heterocycles. The average molecular weight is 495 g/mol. The van der Waals surface area contributed by atoms with Gasteiger partial charge in [-0.1, -0.05) is 29.5 Å². The molecule has 0 spiro atoms. The second-order valence-electron chi connectivity index (χ2n) is 7.69. The van der Waals surface area contributed by atoms with Gasteiger partial charge < -0.3 is 18.9 Å². The second kappa shape index (κ2) is 10.2. The Morgan fingerprint density at radius 2 is 1.86 bits per heavy atom. The first kappa shape index (κ1) is 24.3. The Balaban J connectivity index is 1.96. The number of rotatable bonds is 7. The third-order valence-electron chi connectivity index (χ3n) is 5.63. The van der Waals surface area contributed by atoms with Gasteiger partial charge in [-0.15, -0.1) is 0 Å². The van der Waals surface area contributed by atoms with Gasteiger partial charge in [0.2, 0.25) is 0 Å². The number of hydrogen-bond donors (Lipinski definition) is 0. The van der Waals surface area contributed by atoms with E-state index < -0.39 is 12.0 Å². The molecule has 0 amide bonds. The highest BCUT2D eigenvalue weighted by Gasteiger charge is 2.33. The van der Waals surface area contributed by atoms with E-state index in [0.29, 0.717) is 43.4 Å². The summed E-state index contributed by atoms with van der Waals surface area (Å²) in [5.74, 6) is 1.20. The number of benzene rings is 2. The minimum atomic E-state index is -0.738. The lowest BCUT2D eigenvalue weighted by Gasteiger charge is -2.25. The molecule has 0 N–H and O–H groups in total. The summed E-state index contributed by atoms with van der Waals surface area (Å²) < 4.78 is 23.5. The molecule has 0 unspecified atom stereocenters. The predicted molar refractivity (Wildman–Crippen MR) is 133 cm³/mol. The molecule has 9 heteroatoms. The normalized spacial score (nSPS) is 15.3. The standard InChI is InChI=1S/C26H26N2O6S/c1-6-34-25(30)22-15(2)27-26-28(23(22)17-10-11-19(32-4)20(14-17)33-5)24(29)21(35-26)13-16-8-7-9-18(12-16)31-3/h7-14,23H,6H2,1-5H3/t23-/m1/s1. The maximum atomic E-state index is 13.7. The topological polar surface area (TPSA) is 88.4 Å². The fourth-order valence-corrected chi connectivity index (χ4v) is 5.06. The van der Waals surface area contributed by atoms with Crippen LogP contribution < -0.4 is 29.1 Å². The van der Waals surface area contributed by atoms with Gasteiger partial charge in [-0.05, 0) is 55.3 Å². The largest absolute Gasteiger partial charge is 0.497 e. The SMILES string of the molecule is CCOC(=O)C1=C(C)N=c2sc(=Cc3cccc(OC)c3)c(=O)n2[C@@H]1c1ccc(OC)c(OC)c1. The summed E-state index contributed by atoms with van der Waals surface area (Å²) in [5.41, 5.74) is 2.04. The molecule has 0 radical (unpaired) electrons. The summed E-state index contributed by atoms with van der Waals surface area (Å²) >= 11 is 1.26. The molecule has 0 bridgehead atoms. The van der Waals surface area contributed by atoms with E-state index in [2.05, 4.69) is 4.99 Å². The van der Waals surface area contributed by atoms with Gasteiger partial charge in [0, 0.05) is 0 Å². The van der Waals surface area contributed by atoms with Gasteiger partial charge >= 0.3 is 5.97 Å². The minimum Gasteiger partial charge on any atom is -0.497 e. The van der Waals surface area contributed by atoms with Crippen molar-refractivity contribution in [1.29, 1.82) is 0 Å². The summed E-state index contributed by atoms with van der Waals surface area (Å²) in [6, 6.07) is 12.0. The number of hydrogen-bond acceptors (Lipinski definition) is 8.